The maximum Gasteiger partial charge on any atom is 0.262 e. The van der Waals surface area contributed by atoms with Gasteiger partial charge < -0.3 is 10.1 Å². The molecule has 0 atom stereocenters. The second kappa shape index (κ2) is 8.16. The van der Waals surface area contributed by atoms with Gasteiger partial charge in [-0.25, -0.2) is 0 Å². The van der Waals surface area contributed by atoms with E-state index in [1.165, 1.54) is 6.07 Å². The van der Waals surface area contributed by atoms with Gasteiger partial charge in [0.05, 0.1) is 17.3 Å². The number of rotatable bonds is 6. The van der Waals surface area contributed by atoms with Crippen molar-refractivity contribution in [1.82, 2.24) is 10.2 Å². The molecule has 0 bridgehead atoms. The van der Waals surface area contributed by atoms with Gasteiger partial charge in [-0.15, -0.1) is 0 Å². The average molecular weight is 406 g/mol. The molecule has 4 rings (SSSR count). The number of ketones is 1. The number of fused-ring (bicyclic) bond motifs is 1. The number of nitrogens with zero attached hydrogens (tertiary/aromatic N) is 1. The maximum atomic E-state index is 12.8. The van der Waals surface area contributed by atoms with Crippen LogP contribution in [0.1, 0.15) is 15.9 Å². The van der Waals surface area contributed by atoms with E-state index in [-0.39, 0.29) is 18.3 Å². The lowest BCUT2D eigenvalue weighted by Gasteiger charge is -2.12. The summed E-state index contributed by atoms with van der Waals surface area (Å²) in [6.07, 6.45) is 1.70. The third-order valence-corrected chi connectivity index (χ3v) is 4.54. The molecule has 6 nitrogen and oxygen atoms in total. The molecule has 29 heavy (non-hydrogen) atoms. The number of anilines is 1. The van der Waals surface area contributed by atoms with E-state index in [0.29, 0.717) is 27.6 Å². The van der Waals surface area contributed by atoms with E-state index in [1.807, 2.05) is 12.1 Å². The lowest BCUT2D eigenvalue weighted by molar-refractivity contribution is -0.118. The summed E-state index contributed by atoms with van der Waals surface area (Å²) < 4.78 is 5.63. The Hall–Kier alpha value is -3.64. The summed E-state index contributed by atoms with van der Waals surface area (Å²) in [7, 11) is 0. The van der Waals surface area contributed by atoms with Gasteiger partial charge in [-0.1, -0.05) is 41.9 Å². The van der Waals surface area contributed by atoms with Crippen molar-refractivity contribution in [3.8, 4) is 5.75 Å². The Labute approximate surface area is 171 Å². The number of carbonyl (C=O) groups excluding carboxylic acids is 2. The zero-order valence-electron chi connectivity index (χ0n) is 15.2. The second-order valence-electron chi connectivity index (χ2n) is 6.34. The summed E-state index contributed by atoms with van der Waals surface area (Å²) in [6.45, 7) is -0.252. The number of aromatic amines is 1. The molecule has 4 aromatic rings. The van der Waals surface area contributed by atoms with Crippen molar-refractivity contribution in [2.75, 3.05) is 11.9 Å². The van der Waals surface area contributed by atoms with E-state index in [9.17, 15) is 9.59 Å². The molecule has 2 N–H and O–H groups in total. The van der Waals surface area contributed by atoms with Gasteiger partial charge in [-0.2, -0.15) is 5.10 Å². The quantitative estimate of drug-likeness (QED) is 0.464. The molecular weight excluding hydrogens is 390 g/mol. The van der Waals surface area contributed by atoms with E-state index in [1.54, 1.807) is 54.7 Å². The van der Waals surface area contributed by atoms with Crippen molar-refractivity contribution in [2.45, 2.75) is 0 Å². The Bertz CT molecular complexity index is 1190. The van der Waals surface area contributed by atoms with Crippen LogP contribution in [0.2, 0.25) is 5.02 Å². The van der Waals surface area contributed by atoms with Crippen LogP contribution < -0.4 is 10.1 Å². The summed E-state index contributed by atoms with van der Waals surface area (Å²) in [5.41, 5.74) is 2.25. The first kappa shape index (κ1) is 18.7. The lowest BCUT2D eigenvalue weighted by Crippen LogP contribution is -2.21. The first-order valence-corrected chi connectivity index (χ1v) is 9.23. The minimum absolute atomic E-state index is 0.229. The van der Waals surface area contributed by atoms with E-state index in [2.05, 4.69) is 15.5 Å². The first-order valence-electron chi connectivity index (χ1n) is 8.85. The molecule has 0 saturated heterocycles. The Morgan fingerprint density at radius 3 is 2.69 bits per heavy atom. The Kier molecular flexibility index (Phi) is 5.27. The van der Waals surface area contributed by atoms with Crippen molar-refractivity contribution in [1.29, 1.82) is 0 Å². The number of nitrogens with one attached hydrogen (secondary N) is 2. The maximum absolute atomic E-state index is 12.8. The molecule has 0 unspecified atom stereocenters. The molecule has 0 saturated carbocycles. The number of aromatic nitrogens is 2. The smallest absolute Gasteiger partial charge is 0.262 e. The van der Waals surface area contributed by atoms with E-state index in [0.717, 1.165) is 10.9 Å². The topological polar surface area (TPSA) is 84.1 Å². The molecule has 0 aliphatic heterocycles. The highest BCUT2D eigenvalue weighted by molar-refractivity contribution is 6.31. The van der Waals surface area contributed by atoms with Gasteiger partial charge in [-0.05, 0) is 36.4 Å². The molecule has 7 heteroatoms. The number of hydrogen-bond acceptors (Lipinski definition) is 4. The van der Waals surface area contributed by atoms with Crippen LogP contribution in [-0.4, -0.2) is 28.5 Å². The lowest BCUT2D eigenvalue weighted by atomic mass is 10.0. The normalized spacial score (nSPS) is 10.7. The van der Waals surface area contributed by atoms with Crippen LogP contribution in [0.4, 0.5) is 5.69 Å². The van der Waals surface area contributed by atoms with Crippen LogP contribution >= 0.6 is 11.6 Å². The fraction of sp³-hybridized carbons (Fsp3) is 0.0455. The largest absolute Gasteiger partial charge is 0.483 e. The van der Waals surface area contributed by atoms with Crippen molar-refractivity contribution in [3.05, 3.63) is 89.1 Å². The number of benzene rings is 3. The van der Waals surface area contributed by atoms with Crippen LogP contribution in [0, 0.1) is 0 Å². The van der Waals surface area contributed by atoms with Gasteiger partial charge in [0, 0.05) is 21.7 Å². The summed E-state index contributed by atoms with van der Waals surface area (Å²) in [4.78, 5) is 25.1. The summed E-state index contributed by atoms with van der Waals surface area (Å²) in [5, 5.41) is 10.9. The van der Waals surface area contributed by atoms with Crippen molar-refractivity contribution in [3.63, 3.8) is 0 Å². The average Bonchev–Trinajstić information content (AvgIpc) is 3.21. The van der Waals surface area contributed by atoms with Crippen LogP contribution in [0.3, 0.4) is 0 Å². The van der Waals surface area contributed by atoms with Gasteiger partial charge in [-0.3, -0.25) is 14.7 Å². The van der Waals surface area contributed by atoms with Gasteiger partial charge in [0.1, 0.15) is 5.75 Å². The number of carbonyl (C=O) groups is 2. The highest BCUT2D eigenvalue weighted by atomic mass is 35.5. The first-order chi connectivity index (χ1) is 14.1. The summed E-state index contributed by atoms with van der Waals surface area (Å²) in [6, 6.07) is 19.0. The number of ether oxygens (including phenoxy) is 1. The van der Waals surface area contributed by atoms with Gasteiger partial charge in [0.15, 0.2) is 12.4 Å². The van der Waals surface area contributed by atoms with Crippen molar-refractivity contribution >= 4 is 39.9 Å². The third-order valence-electron chi connectivity index (χ3n) is 4.31. The number of H-pyrrole nitrogens is 1. The molecule has 1 heterocycles. The Balaban J connectivity index is 1.47. The molecule has 0 aliphatic rings. The van der Waals surface area contributed by atoms with E-state index >= 15 is 0 Å². The molecule has 0 spiro atoms. The SMILES string of the molecule is O=C(COc1ccc(Cl)cc1C(=O)c1ccccc1)Nc1ccc2cn[nH]c2c1. The molecular formula is C22H16ClN3O3. The van der Waals surface area contributed by atoms with Crippen LogP contribution in [0.25, 0.3) is 10.9 Å². The monoisotopic (exact) mass is 405 g/mol. The van der Waals surface area contributed by atoms with Gasteiger partial charge in [0.25, 0.3) is 5.91 Å². The zero-order chi connectivity index (χ0) is 20.2. The predicted octanol–water partition coefficient (Wildman–Crippen LogP) is 4.46. The minimum Gasteiger partial charge on any atom is -0.483 e. The van der Waals surface area contributed by atoms with Gasteiger partial charge >= 0.3 is 0 Å². The van der Waals surface area contributed by atoms with E-state index < -0.39 is 0 Å². The third kappa shape index (κ3) is 4.28. The Morgan fingerprint density at radius 1 is 1.03 bits per heavy atom. The summed E-state index contributed by atoms with van der Waals surface area (Å²) >= 11 is 6.06. The van der Waals surface area contributed by atoms with E-state index in [4.69, 9.17) is 16.3 Å². The molecule has 0 radical (unpaired) electrons. The van der Waals surface area contributed by atoms with Crippen LogP contribution in [0.15, 0.2) is 72.9 Å². The van der Waals surface area contributed by atoms with Crippen LogP contribution in [-0.2, 0) is 4.79 Å². The predicted molar refractivity (Wildman–Crippen MR) is 112 cm³/mol. The minimum atomic E-state index is -0.350. The molecule has 1 amide bonds. The van der Waals surface area contributed by atoms with Gasteiger partial charge in [0.2, 0.25) is 0 Å². The van der Waals surface area contributed by atoms with Crippen LogP contribution in [0.5, 0.6) is 5.75 Å². The number of hydrogen-bond donors (Lipinski definition) is 2. The molecule has 0 fully saturated rings. The molecule has 0 aliphatic carbocycles. The molecule has 1 aromatic heterocycles. The fourth-order valence-electron chi connectivity index (χ4n) is 2.91. The Morgan fingerprint density at radius 2 is 1.86 bits per heavy atom. The molecule has 3 aromatic carbocycles. The van der Waals surface area contributed by atoms with Crippen molar-refractivity contribution in [2.24, 2.45) is 0 Å². The number of halogens is 1. The highest BCUT2D eigenvalue weighted by Crippen LogP contribution is 2.26. The fourth-order valence-corrected chi connectivity index (χ4v) is 3.08. The molecule has 144 valence electrons. The highest BCUT2D eigenvalue weighted by Gasteiger charge is 2.16. The second-order valence-corrected chi connectivity index (χ2v) is 6.78. The summed E-state index contributed by atoms with van der Waals surface area (Å²) in [5.74, 6) is -0.285. The number of amides is 1. The zero-order valence-corrected chi connectivity index (χ0v) is 15.9. The van der Waals surface area contributed by atoms with Crippen molar-refractivity contribution < 1.29 is 14.3 Å². The standard InChI is InChI=1S/C22H16ClN3O3/c23-16-7-9-20(18(10-16)22(28)14-4-2-1-3-5-14)29-13-21(27)25-17-8-6-15-12-24-26-19(15)11-17/h1-12H,13H2,(H,24,26)(H,25,27).